The summed E-state index contributed by atoms with van der Waals surface area (Å²) in [6, 6.07) is 8.69. The second kappa shape index (κ2) is 5.13. The van der Waals surface area contributed by atoms with Crippen molar-refractivity contribution in [2.75, 3.05) is 4.90 Å². The van der Waals surface area contributed by atoms with Gasteiger partial charge in [-0.05, 0) is 35.9 Å². The van der Waals surface area contributed by atoms with Gasteiger partial charge in [-0.1, -0.05) is 29.3 Å². The number of hydrogen-bond acceptors (Lipinski definition) is 2. The van der Waals surface area contributed by atoms with Crippen molar-refractivity contribution in [3.63, 3.8) is 0 Å². The first-order valence-electron chi connectivity index (χ1n) is 6.07. The molecule has 0 N–H and O–H groups in total. The van der Waals surface area contributed by atoms with Crippen molar-refractivity contribution in [3.8, 4) is 0 Å². The molecule has 0 bridgehead atoms. The Morgan fingerprint density at radius 1 is 1.05 bits per heavy atom. The number of halogens is 3. The van der Waals surface area contributed by atoms with Gasteiger partial charge in [0.2, 0.25) is 0 Å². The third-order valence-electron chi connectivity index (χ3n) is 3.29. The highest BCUT2D eigenvalue weighted by Gasteiger charge is 2.37. The first kappa shape index (κ1) is 14.0. The lowest BCUT2D eigenvalue weighted by Gasteiger charge is -2.17. The monoisotopic (exact) mass is 323 g/mol. The summed E-state index contributed by atoms with van der Waals surface area (Å²) in [4.78, 5) is 25.3. The molecule has 2 aromatic rings. The van der Waals surface area contributed by atoms with Crippen molar-refractivity contribution in [1.29, 1.82) is 0 Å². The molecule has 0 saturated carbocycles. The van der Waals surface area contributed by atoms with Gasteiger partial charge in [0.25, 0.3) is 11.7 Å². The molecule has 1 aliphatic heterocycles. The van der Waals surface area contributed by atoms with E-state index in [0.717, 1.165) is 0 Å². The number of anilines is 1. The van der Waals surface area contributed by atoms with Crippen LogP contribution < -0.4 is 4.90 Å². The number of nitrogens with zero attached hydrogens (tertiary/aromatic N) is 1. The number of rotatable bonds is 2. The van der Waals surface area contributed by atoms with E-state index in [2.05, 4.69) is 0 Å². The number of Topliss-reactive ketones (excluding diaryl/α,β-unsaturated/α-hetero) is 1. The van der Waals surface area contributed by atoms with Crippen LogP contribution in [-0.2, 0) is 11.3 Å². The minimum atomic E-state index is -0.696. The Morgan fingerprint density at radius 3 is 2.57 bits per heavy atom. The molecule has 0 atom stereocenters. The zero-order chi connectivity index (χ0) is 15.1. The summed E-state index contributed by atoms with van der Waals surface area (Å²) < 4.78 is 13.3. The third kappa shape index (κ3) is 2.30. The lowest BCUT2D eigenvalue weighted by molar-refractivity contribution is -0.114. The number of hydrogen-bond donors (Lipinski definition) is 0. The quantitative estimate of drug-likeness (QED) is 0.787. The molecule has 0 aliphatic carbocycles. The lowest BCUT2D eigenvalue weighted by atomic mass is 10.1. The molecule has 0 aromatic heterocycles. The van der Waals surface area contributed by atoms with Gasteiger partial charge in [-0.15, -0.1) is 0 Å². The number of fused-ring (bicyclic) bond motifs is 1. The van der Waals surface area contributed by atoms with Crippen molar-refractivity contribution in [2.24, 2.45) is 0 Å². The van der Waals surface area contributed by atoms with Crippen molar-refractivity contribution >= 4 is 40.6 Å². The van der Waals surface area contributed by atoms with Gasteiger partial charge >= 0.3 is 0 Å². The van der Waals surface area contributed by atoms with E-state index in [9.17, 15) is 14.0 Å². The largest absolute Gasteiger partial charge is 0.300 e. The average Bonchev–Trinajstić information content (AvgIpc) is 2.69. The van der Waals surface area contributed by atoms with Crippen LogP contribution >= 0.6 is 23.2 Å². The second-order valence-corrected chi connectivity index (χ2v) is 5.40. The lowest BCUT2D eigenvalue weighted by Crippen LogP contribution is -2.29. The van der Waals surface area contributed by atoms with E-state index in [4.69, 9.17) is 23.2 Å². The molecule has 106 valence electrons. The van der Waals surface area contributed by atoms with E-state index in [-0.39, 0.29) is 17.1 Å². The first-order chi connectivity index (χ1) is 9.99. The van der Waals surface area contributed by atoms with Crippen LogP contribution in [0.25, 0.3) is 0 Å². The topological polar surface area (TPSA) is 37.4 Å². The summed E-state index contributed by atoms with van der Waals surface area (Å²) in [6.07, 6.45) is 0. The Balaban J connectivity index is 2.05. The summed E-state index contributed by atoms with van der Waals surface area (Å²) in [5, 5.41) is 0.547. The van der Waals surface area contributed by atoms with Crippen molar-refractivity contribution in [1.82, 2.24) is 0 Å². The van der Waals surface area contributed by atoms with E-state index in [1.807, 2.05) is 0 Å². The molecule has 6 heteroatoms. The smallest absolute Gasteiger partial charge is 0.299 e. The zero-order valence-corrected chi connectivity index (χ0v) is 12.1. The number of ketones is 1. The van der Waals surface area contributed by atoms with Crippen LogP contribution in [0.4, 0.5) is 10.1 Å². The molecular weight excluding hydrogens is 316 g/mol. The Labute approximate surface area is 129 Å². The van der Waals surface area contributed by atoms with Gasteiger partial charge in [0, 0.05) is 5.02 Å². The molecule has 1 amide bonds. The Hall–Kier alpha value is -1.91. The molecule has 2 aromatic carbocycles. The molecule has 1 heterocycles. The molecule has 3 nitrogen and oxygen atoms in total. The van der Waals surface area contributed by atoms with Gasteiger partial charge in [-0.25, -0.2) is 4.39 Å². The van der Waals surface area contributed by atoms with Gasteiger partial charge in [0.05, 0.1) is 22.8 Å². The minimum Gasteiger partial charge on any atom is -0.300 e. The molecular formula is C15H8Cl2FNO2. The van der Waals surface area contributed by atoms with Crippen LogP contribution in [0.15, 0.2) is 36.4 Å². The maximum absolute atomic E-state index is 13.3. The van der Waals surface area contributed by atoms with Crippen LogP contribution in [0.3, 0.4) is 0 Å². The van der Waals surface area contributed by atoms with Crippen molar-refractivity contribution < 1.29 is 14.0 Å². The number of carbonyl (C=O) groups excluding carboxylic acids is 2. The Morgan fingerprint density at radius 2 is 1.81 bits per heavy atom. The van der Waals surface area contributed by atoms with E-state index in [1.165, 1.54) is 23.1 Å². The second-order valence-electron chi connectivity index (χ2n) is 4.59. The fourth-order valence-corrected chi connectivity index (χ4v) is 2.73. The predicted molar refractivity (Wildman–Crippen MR) is 78.4 cm³/mol. The molecule has 1 aliphatic rings. The van der Waals surface area contributed by atoms with Crippen molar-refractivity contribution in [2.45, 2.75) is 6.54 Å². The Kier molecular flexibility index (Phi) is 3.43. The SMILES string of the molecule is O=C1C(=O)N(Cc2cc(F)ccc2Cl)c2cccc(Cl)c21. The maximum atomic E-state index is 13.3. The third-order valence-corrected chi connectivity index (χ3v) is 3.97. The molecule has 0 spiro atoms. The minimum absolute atomic E-state index is 0.00844. The average molecular weight is 324 g/mol. The van der Waals surface area contributed by atoms with E-state index >= 15 is 0 Å². The summed E-state index contributed by atoms with van der Waals surface area (Å²) in [7, 11) is 0. The molecule has 0 unspecified atom stereocenters. The Bertz CT molecular complexity index is 776. The fraction of sp³-hybridized carbons (Fsp3) is 0.0667. The van der Waals surface area contributed by atoms with E-state index in [1.54, 1.807) is 18.2 Å². The van der Waals surface area contributed by atoms with Crippen LogP contribution in [0, 0.1) is 5.82 Å². The predicted octanol–water partition coefficient (Wildman–Crippen LogP) is 3.86. The molecule has 0 radical (unpaired) electrons. The van der Waals surface area contributed by atoms with Gasteiger partial charge < -0.3 is 4.90 Å². The van der Waals surface area contributed by atoms with Gasteiger partial charge in [0.1, 0.15) is 5.82 Å². The molecule has 0 saturated heterocycles. The standard InChI is InChI=1S/C15H8Cl2FNO2/c16-10-5-4-9(18)6-8(10)7-19-12-3-1-2-11(17)13(12)14(20)15(19)21/h1-6H,7H2. The van der Waals surface area contributed by atoms with Gasteiger partial charge in [0.15, 0.2) is 0 Å². The van der Waals surface area contributed by atoms with Gasteiger partial charge in [-0.3, -0.25) is 9.59 Å². The van der Waals surface area contributed by atoms with Gasteiger partial charge in [-0.2, -0.15) is 0 Å². The molecule has 3 rings (SSSR count). The molecule has 21 heavy (non-hydrogen) atoms. The maximum Gasteiger partial charge on any atom is 0.299 e. The summed E-state index contributed by atoms with van der Waals surface area (Å²) in [5.41, 5.74) is 1.01. The highest BCUT2D eigenvalue weighted by atomic mass is 35.5. The number of benzene rings is 2. The number of amides is 1. The highest BCUT2D eigenvalue weighted by molar-refractivity contribution is 6.55. The highest BCUT2D eigenvalue weighted by Crippen LogP contribution is 2.35. The summed E-state index contributed by atoms with van der Waals surface area (Å²) in [6.45, 7) is 0.00844. The van der Waals surface area contributed by atoms with E-state index < -0.39 is 17.5 Å². The zero-order valence-electron chi connectivity index (χ0n) is 10.6. The molecule has 0 fully saturated rings. The summed E-state index contributed by atoms with van der Waals surface area (Å²) in [5.74, 6) is -1.82. The van der Waals surface area contributed by atoms with Crippen molar-refractivity contribution in [3.05, 3.63) is 63.4 Å². The summed E-state index contributed by atoms with van der Waals surface area (Å²) >= 11 is 12.0. The van der Waals surface area contributed by atoms with Crippen LogP contribution in [0.2, 0.25) is 10.0 Å². The van der Waals surface area contributed by atoms with E-state index in [0.29, 0.717) is 16.3 Å². The first-order valence-corrected chi connectivity index (χ1v) is 6.83. The fourth-order valence-electron chi connectivity index (χ4n) is 2.29. The van der Waals surface area contributed by atoms with Crippen LogP contribution in [-0.4, -0.2) is 11.7 Å². The number of carbonyl (C=O) groups is 2. The van der Waals surface area contributed by atoms with Crippen LogP contribution in [0.1, 0.15) is 15.9 Å². The van der Waals surface area contributed by atoms with Crippen LogP contribution in [0.5, 0.6) is 0 Å². The normalized spacial score (nSPS) is 13.8.